The van der Waals surface area contributed by atoms with Crippen molar-refractivity contribution in [1.82, 2.24) is 9.38 Å². The van der Waals surface area contributed by atoms with Crippen molar-refractivity contribution >= 4 is 15.7 Å². The van der Waals surface area contributed by atoms with Crippen molar-refractivity contribution in [3.8, 4) is 28.8 Å². The average molecular weight is 418 g/mol. The summed E-state index contributed by atoms with van der Waals surface area (Å²) >= 11 is 0. The number of nitrogens with zero attached hydrogens (tertiary/aromatic N) is 3. The van der Waals surface area contributed by atoms with Gasteiger partial charge in [-0.25, -0.2) is 18.5 Å². The molecule has 4 aromatic rings. The number of rotatable bonds is 5. The maximum absolute atomic E-state index is 11.6. The molecule has 8 heteroatoms. The topological polar surface area (TPSA) is 110 Å². The van der Waals surface area contributed by atoms with Crippen molar-refractivity contribution in [3.63, 3.8) is 0 Å². The fourth-order valence-corrected chi connectivity index (χ4v) is 3.86. The normalized spacial score (nSPS) is 11.4. The Hall–Kier alpha value is -3.67. The second-order valence-electron chi connectivity index (χ2n) is 6.64. The van der Waals surface area contributed by atoms with Crippen molar-refractivity contribution in [2.75, 3.05) is 0 Å². The van der Waals surface area contributed by atoms with E-state index in [2.05, 4.69) is 11.1 Å². The Morgan fingerprint density at radius 2 is 1.83 bits per heavy atom. The first-order valence-electron chi connectivity index (χ1n) is 9.22. The van der Waals surface area contributed by atoms with Gasteiger partial charge < -0.3 is 4.74 Å². The molecule has 2 heterocycles. The molecule has 2 aromatic carbocycles. The Balaban J connectivity index is 1.78. The maximum atomic E-state index is 11.6. The van der Waals surface area contributed by atoms with Crippen LogP contribution in [0.15, 0.2) is 71.8 Å². The summed E-state index contributed by atoms with van der Waals surface area (Å²) < 4.78 is 31.0. The summed E-state index contributed by atoms with van der Waals surface area (Å²) in [6.07, 6.45) is 2.57. The van der Waals surface area contributed by atoms with Crippen LogP contribution >= 0.6 is 0 Å². The number of aryl methyl sites for hydroxylation is 1. The summed E-state index contributed by atoms with van der Waals surface area (Å²) in [4.78, 5) is 4.63. The van der Waals surface area contributed by atoms with Crippen LogP contribution in [-0.4, -0.2) is 17.8 Å². The van der Waals surface area contributed by atoms with Crippen LogP contribution in [-0.2, 0) is 16.4 Å². The monoisotopic (exact) mass is 418 g/mol. The minimum atomic E-state index is -3.82. The van der Waals surface area contributed by atoms with Gasteiger partial charge in [-0.2, -0.15) is 5.26 Å². The lowest BCUT2D eigenvalue weighted by Gasteiger charge is -2.10. The Kier molecular flexibility index (Phi) is 4.99. The van der Waals surface area contributed by atoms with E-state index in [1.54, 1.807) is 24.3 Å². The summed E-state index contributed by atoms with van der Waals surface area (Å²) in [5, 5.41) is 14.6. The molecule has 0 amide bonds. The molecule has 0 aliphatic carbocycles. The number of ether oxygens (including phenoxy) is 1. The summed E-state index contributed by atoms with van der Waals surface area (Å²) in [7, 11) is -3.82. The molecule has 7 nitrogen and oxygen atoms in total. The highest BCUT2D eigenvalue weighted by Gasteiger charge is 2.16. The van der Waals surface area contributed by atoms with Gasteiger partial charge in [0.2, 0.25) is 10.0 Å². The molecule has 0 aliphatic heterocycles. The lowest BCUT2D eigenvalue weighted by molar-refractivity contribution is 0.481. The third kappa shape index (κ3) is 3.64. The smallest absolute Gasteiger partial charge is 0.238 e. The van der Waals surface area contributed by atoms with Crippen molar-refractivity contribution < 1.29 is 13.2 Å². The van der Waals surface area contributed by atoms with E-state index in [0.717, 1.165) is 17.0 Å². The van der Waals surface area contributed by atoms with E-state index < -0.39 is 10.0 Å². The number of fused-ring (bicyclic) bond motifs is 1. The molecule has 0 aliphatic rings. The van der Waals surface area contributed by atoms with Gasteiger partial charge in [-0.05, 0) is 42.8 Å². The molecule has 4 rings (SSSR count). The molecule has 150 valence electrons. The zero-order valence-electron chi connectivity index (χ0n) is 16.1. The molecule has 0 bridgehead atoms. The molecular weight excluding hydrogens is 400 g/mol. The highest BCUT2D eigenvalue weighted by Crippen LogP contribution is 2.31. The molecule has 0 saturated heterocycles. The van der Waals surface area contributed by atoms with Gasteiger partial charge in [0.05, 0.1) is 21.8 Å². The second-order valence-corrected chi connectivity index (χ2v) is 8.20. The average Bonchev–Trinajstić information content (AvgIpc) is 3.12. The van der Waals surface area contributed by atoms with Gasteiger partial charge in [-0.1, -0.05) is 25.1 Å². The number of aromatic nitrogens is 2. The van der Waals surface area contributed by atoms with Crippen molar-refractivity contribution in [3.05, 3.63) is 78.1 Å². The van der Waals surface area contributed by atoms with Crippen LogP contribution in [0.1, 0.15) is 18.2 Å². The van der Waals surface area contributed by atoms with Crippen LogP contribution in [0.2, 0.25) is 0 Å². The fourth-order valence-electron chi connectivity index (χ4n) is 3.31. The van der Waals surface area contributed by atoms with E-state index in [1.165, 1.54) is 12.1 Å². The SMILES string of the molecule is CCc1nc2c(C#N)cccn2c1-c1cccc(Oc2cccc(S(N)(=O)=O)c2)c1. The Labute approximate surface area is 174 Å². The van der Waals surface area contributed by atoms with E-state index >= 15 is 0 Å². The van der Waals surface area contributed by atoms with E-state index in [1.807, 2.05) is 41.8 Å². The van der Waals surface area contributed by atoms with E-state index in [0.29, 0.717) is 29.1 Å². The van der Waals surface area contributed by atoms with Crippen LogP contribution in [0.3, 0.4) is 0 Å². The number of primary sulfonamides is 1. The van der Waals surface area contributed by atoms with Gasteiger partial charge in [0.1, 0.15) is 17.6 Å². The first-order chi connectivity index (χ1) is 14.4. The predicted molar refractivity (Wildman–Crippen MR) is 113 cm³/mol. The van der Waals surface area contributed by atoms with Gasteiger partial charge in [0.15, 0.2) is 5.65 Å². The van der Waals surface area contributed by atoms with Gasteiger partial charge in [0, 0.05) is 17.8 Å². The molecule has 2 aromatic heterocycles. The van der Waals surface area contributed by atoms with E-state index in [9.17, 15) is 13.7 Å². The zero-order valence-corrected chi connectivity index (χ0v) is 16.9. The van der Waals surface area contributed by atoms with Gasteiger partial charge in [0.25, 0.3) is 0 Å². The van der Waals surface area contributed by atoms with Crippen LogP contribution in [0.25, 0.3) is 16.9 Å². The van der Waals surface area contributed by atoms with E-state index in [-0.39, 0.29) is 4.90 Å². The number of sulfonamides is 1. The summed E-state index contributed by atoms with van der Waals surface area (Å²) in [6, 6.07) is 19.2. The fraction of sp³-hybridized carbons (Fsp3) is 0.0909. The Morgan fingerprint density at radius 1 is 1.10 bits per heavy atom. The molecule has 30 heavy (non-hydrogen) atoms. The number of nitriles is 1. The molecule has 0 fully saturated rings. The molecule has 2 N–H and O–H groups in total. The summed E-state index contributed by atoms with van der Waals surface area (Å²) in [6.45, 7) is 2.01. The minimum Gasteiger partial charge on any atom is -0.457 e. The van der Waals surface area contributed by atoms with Crippen LogP contribution in [0.5, 0.6) is 11.5 Å². The van der Waals surface area contributed by atoms with E-state index in [4.69, 9.17) is 9.88 Å². The van der Waals surface area contributed by atoms with Gasteiger partial charge in [-0.15, -0.1) is 0 Å². The van der Waals surface area contributed by atoms with Crippen molar-refractivity contribution in [2.24, 2.45) is 5.14 Å². The lowest BCUT2D eigenvalue weighted by Crippen LogP contribution is -2.11. The number of nitrogens with two attached hydrogens (primary N) is 1. The molecule has 0 atom stereocenters. The number of imidazole rings is 1. The van der Waals surface area contributed by atoms with Crippen LogP contribution < -0.4 is 9.88 Å². The Morgan fingerprint density at radius 3 is 2.53 bits per heavy atom. The van der Waals surface area contributed by atoms with Crippen molar-refractivity contribution in [1.29, 1.82) is 5.26 Å². The molecular formula is C22H18N4O3S. The minimum absolute atomic E-state index is 0.0183. The lowest BCUT2D eigenvalue weighted by atomic mass is 10.1. The van der Waals surface area contributed by atoms with Gasteiger partial charge >= 0.3 is 0 Å². The number of hydrogen-bond acceptors (Lipinski definition) is 5. The quantitative estimate of drug-likeness (QED) is 0.529. The summed E-state index contributed by atoms with van der Waals surface area (Å²) in [5.74, 6) is 0.895. The molecule has 0 spiro atoms. The zero-order chi connectivity index (χ0) is 21.3. The third-order valence-corrected chi connectivity index (χ3v) is 5.57. The largest absolute Gasteiger partial charge is 0.457 e. The second kappa shape index (κ2) is 7.63. The predicted octanol–water partition coefficient (Wildman–Crippen LogP) is 3.88. The first kappa shape index (κ1) is 19.6. The molecule has 0 unspecified atom stereocenters. The highest BCUT2D eigenvalue weighted by molar-refractivity contribution is 7.89. The molecule has 0 saturated carbocycles. The van der Waals surface area contributed by atoms with Crippen LogP contribution in [0, 0.1) is 11.3 Å². The number of benzene rings is 2. The maximum Gasteiger partial charge on any atom is 0.238 e. The number of pyridine rings is 1. The van der Waals surface area contributed by atoms with Crippen LogP contribution in [0.4, 0.5) is 0 Å². The highest BCUT2D eigenvalue weighted by atomic mass is 32.2. The third-order valence-electron chi connectivity index (χ3n) is 4.65. The standard InChI is InChI=1S/C22H18N4O3S/c1-2-20-21(26-11-5-7-16(14-23)22(26)25-20)15-6-3-8-17(12-15)29-18-9-4-10-19(13-18)30(24,27)28/h3-13H,2H2,1H3,(H2,24,27,28). The Bertz CT molecular complexity index is 1400. The summed E-state index contributed by atoms with van der Waals surface area (Å²) in [5.41, 5.74) is 3.73. The van der Waals surface area contributed by atoms with Gasteiger partial charge in [-0.3, -0.25) is 4.40 Å². The first-order valence-corrected chi connectivity index (χ1v) is 10.8. The van der Waals surface area contributed by atoms with Crippen molar-refractivity contribution in [2.45, 2.75) is 18.2 Å². The number of hydrogen-bond donors (Lipinski definition) is 1. The molecule has 0 radical (unpaired) electrons.